The Kier molecular flexibility index (Phi) is 23.8. The number of esters is 2. The fraction of sp³-hybridized carbons (Fsp3) is 0.441. The maximum atomic E-state index is 14.3. The summed E-state index contributed by atoms with van der Waals surface area (Å²) in [4.78, 5) is 104. The van der Waals surface area contributed by atoms with Gasteiger partial charge in [0.05, 0.1) is 42.3 Å². The van der Waals surface area contributed by atoms with E-state index in [0.29, 0.717) is 5.56 Å². The number of nitrogens with one attached hydrogen (secondary N) is 2. The maximum absolute atomic E-state index is 14.3. The van der Waals surface area contributed by atoms with Gasteiger partial charge in [-0.2, -0.15) is 0 Å². The summed E-state index contributed by atoms with van der Waals surface area (Å²) in [5.41, 5.74) is -3.53. The van der Waals surface area contributed by atoms with Crippen molar-refractivity contribution in [2.75, 3.05) is 50.2 Å². The number of methoxy groups -OCH3 is 2. The number of amides is 5. The molecule has 506 valence electrons. The van der Waals surface area contributed by atoms with Crippen molar-refractivity contribution >= 4 is 59.0 Å². The van der Waals surface area contributed by atoms with Crippen LogP contribution in [-0.2, 0) is 53.0 Å². The van der Waals surface area contributed by atoms with Crippen LogP contribution in [-0.4, -0.2) is 122 Å². The lowest BCUT2D eigenvalue weighted by molar-refractivity contribution is -0.133. The molecule has 0 saturated heterocycles. The highest BCUT2D eigenvalue weighted by atomic mass is 19.3. The van der Waals surface area contributed by atoms with E-state index in [0.717, 1.165) is 75.6 Å². The molecule has 5 aromatic carbocycles. The summed E-state index contributed by atoms with van der Waals surface area (Å²) >= 11 is 0. The predicted octanol–water partition coefficient (Wildman–Crippen LogP) is 12.8. The first kappa shape index (κ1) is 72.1. The molecule has 94 heavy (non-hydrogen) atoms. The average Bonchev–Trinajstić information content (AvgIpc) is 0.764. The number of ether oxygens (including phenoxy) is 7. The summed E-state index contributed by atoms with van der Waals surface area (Å²) in [6.07, 6.45) is -5.29. The fourth-order valence-electron chi connectivity index (χ4n) is 11.0. The third-order valence-corrected chi connectivity index (χ3v) is 15.9. The molecule has 4 aliphatic rings. The number of hydrogen-bond acceptors (Lipinski definition) is 15. The second-order valence-electron chi connectivity index (χ2n) is 24.2. The molecule has 0 aromatic heterocycles. The van der Waals surface area contributed by atoms with E-state index in [2.05, 4.69) is 20.1 Å². The van der Waals surface area contributed by atoms with Crippen LogP contribution in [0.25, 0.3) is 0 Å². The normalized spacial score (nSPS) is 15.9. The molecule has 0 bridgehead atoms. The predicted molar refractivity (Wildman–Crippen MR) is 332 cm³/mol. The van der Waals surface area contributed by atoms with Gasteiger partial charge in [0.15, 0.2) is 22.6 Å². The zero-order valence-corrected chi connectivity index (χ0v) is 53.8. The Morgan fingerprint density at radius 2 is 0.947 bits per heavy atom. The first-order chi connectivity index (χ1) is 44.4. The summed E-state index contributed by atoms with van der Waals surface area (Å²) in [5.74, 6) is -3.05. The monoisotopic (exact) mass is 1320 g/mol. The van der Waals surface area contributed by atoms with Gasteiger partial charge >= 0.3 is 24.1 Å². The molecule has 2 N–H and O–H groups in total. The topological polar surface area (TPSA) is 235 Å². The smallest absolute Gasteiger partial charge is 0.407 e. The number of hydrogen-bond donors (Lipinski definition) is 2. The molecule has 0 spiro atoms. The third-order valence-electron chi connectivity index (χ3n) is 15.9. The molecular weight excluding hydrogens is 1240 g/mol. The van der Waals surface area contributed by atoms with Crippen molar-refractivity contribution in [2.24, 2.45) is 0 Å². The Morgan fingerprint density at radius 3 is 1.36 bits per heavy atom. The van der Waals surface area contributed by atoms with Crippen molar-refractivity contribution in [2.45, 2.75) is 155 Å². The number of rotatable bonds is 18. The SMILES string of the molecule is CC(C)N(C(=O)c1cc2c(cc1C(F)F)OC(C)(C)C(=O)N2CCNC(=O)OCc1ccccc1)C1CCCCC1.COC(=O)c1cc2c(cc1C(F)F)OC(C)(C)C(=O)C2.COC(=O)c1cc2c(cc1C(F)F)OC(C)(C)C(=O)N2CCNC(=O)OCc1ccccc1. The Labute approximate surface area is 540 Å². The van der Waals surface area contributed by atoms with Crippen LogP contribution in [0.4, 0.5) is 47.3 Å². The summed E-state index contributed by atoms with van der Waals surface area (Å²) in [6, 6.07) is 25.2. The summed E-state index contributed by atoms with van der Waals surface area (Å²) in [6.45, 7) is 13.3. The lowest BCUT2D eigenvalue weighted by Gasteiger charge is -2.40. The molecular formula is C68H77F6N5O15. The van der Waals surface area contributed by atoms with E-state index in [4.69, 9.17) is 23.7 Å². The molecule has 1 fully saturated rings. The van der Waals surface area contributed by atoms with Crippen molar-refractivity contribution in [1.29, 1.82) is 0 Å². The van der Waals surface area contributed by atoms with Crippen molar-refractivity contribution in [3.63, 3.8) is 0 Å². The van der Waals surface area contributed by atoms with Gasteiger partial charge in [-0.05, 0) is 116 Å². The van der Waals surface area contributed by atoms with Crippen LogP contribution in [0.5, 0.6) is 17.2 Å². The minimum absolute atomic E-state index is 0.00625. The van der Waals surface area contributed by atoms with E-state index in [1.807, 2.05) is 74.5 Å². The number of carbonyl (C=O) groups is 8. The Balaban J connectivity index is 0.000000211. The van der Waals surface area contributed by atoms with Crippen molar-refractivity contribution < 1.29 is 97.9 Å². The molecule has 20 nitrogen and oxygen atoms in total. The lowest BCUT2D eigenvalue weighted by atomic mass is 9.90. The second kappa shape index (κ2) is 31.0. The van der Waals surface area contributed by atoms with E-state index < -0.39 is 94.6 Å². The molecule has 3 heterocycles. The van der Waals surface area contributed by atoms with Crippen LogP contribution in [0.3, 0.4) is 0 Å². The average molecular weight is 1320 g/mol. The van der Waals surface area contributed by atoms with Crippen molar-refractivity contribution in [1.82, 2.24) is 15.5 Å². The Bertz CT molecular complexity index is 3580. The lowest BCUT2D eigenvalue weighted by Crippen LogP contribution is -2.54. The standard InChI is InChI=1S/C31H39F2N3O5.C23H24F2N2O6.C14H14F2O4/c1-20(2)36(22-13-9-6-10-14-22)28(37)24-17-25-26(18-23(24)27(32)33)41-31(3,4)29(38)35(25)16-15-34-30(39)40-19-21-11-7-5-8-12-21;1-23(2)21(29)27(10-9-26-22(30)32-13-14-7-5-4-6-8-14)17-11-16(20(28)31-3)15(19(24)25)12-18(17)33-23;1-14(2)11(17)5-7-4-9(13(18)19-3)8(12(15)16)6-10(7)20-14/h5,7-8,11-12,17-18,20,22,27H,6,9-10,13-16,19H2,1-4H3,(H,34,39);4-8,11-12,19H,9-10,13H2,1-3H3,(H,26,30);4,6,12H,5H2,1-3H3. The highest BCUT2D eigenvalue weighted by Crippen LogP contribution is 2.45. The highest BCUT2D eigenvalue weighted by molar-refractivity contribution is 6.06. The number of nitrogens with zero attached hydrogens (tertiary/aromatic N) is 3. The third kappa shape index (κ3) is 17.5. The van der Waals surface area contributed by atoms with Crippen LogP contribution in [0.1, 0.15) is 171 Å². The first-order valence-corrected chi connectivity index (χ1v) is 30.4. The molecule has 0 unspecified atom stereocenters. The van der Waals surface area contributed by atoms with Crippen LogP contribution in [0, 0.1) is 0 Å². The fourth-order valence-corrected chi connectivity index (χ4v) is 11.0. The van der Waals surface area contributed by atoms with E-state index >= 15 is 0 Å². The van der Waals surface area contributed by atoms with Gasteiger partial charge in [0.1, 0.15) is 30.5 Å². The second-order valence-corrected chi connectivity index (χ2v) is 24.2. The molecule has 0 atom stereocenters. The minimum Gasteiger partial charge on any atom is -0.480 e. The van der Waals surface area contributed by atoms with Gasteiger partial charge in [0.25, 0.3) is 37.0 Å². The molecule has 9 rings (SSSR count). The van der Waals surface area contributed by atoms with E-state index in [1.165, 1.54) is 41.8 Å². The number of alkyl carbamates (subject to hydrolysis) is 2. The van der Waals surface area contributed by atoms with Gasteiger partial charge < -0.3 is 58.5 Å². The molecule has 0 radical (unpaired) electrons. The van der Waals surface area contributed by atoms with E-state index in [9.17, 15) is 64.7 Å². The largest absolute Gasteiger partial charge is 0.480 e. The number of fused-ring (bicyclic) bond motifs is 3. The quantitative estimate of drug-likeness (QED) is 0.0471. The molecule has 1 saturated carbocycles. The number of Topliss-reactive ketones (excluding diaryl/α,β-unsaturated/α-hetero) is 1. The number of halogens is 6. The van der Waals surface area contributed by atoms with Crippen LogP contribution < -0.4 is 34.6 Å². The molecule has 26 heteroatoms. The summed E-state index contributed by atoms with van der Waals surface area (Å²) in [5, 5.41) is 5.18. The van der Waals surface area contributed by atoms with Gasteiger partial charge in [-0.25, -0.2) is 45.5 Å². The zero-order chi connectivity index (χ0) is 69.0. The number of ketones is 1. The molecule has 5 aromatic rings. The number of anilines is 2. The molecule has 3 aliphatic heterocycles. The Hall–Kier alpha value is -9.36. The summed E-state index contributed by atoms with van der Waals surface area (Å²) < 4.78 is 118. The van der Waals surface area contributed by atoms with Gasteiger partial charge in [0.2, 0.25) is 0 Å². The van der Waals surface area contributed by atoms with Crippen LogP contribution >= 0.6 is 0 Å². The van der Waals surface area contributed by atoms with Gasteiger partial charge in [-0.15, -0.1) is 0 Å². The van der Waals surface area contributed by atoms with Crippen molar-refractivity contribution in [3.8, 4) is 17.2 Å². The number of benzene rings is 5. The summed E-state index contributed by atoms with van der Waals surface area (Å²) in [7, 11) is 2.19. The van der Waals surface area contributed by atoms with Crippen molar-refractivity contribution in [3.05, 3.63) is 147 Å². The van der Waals surface area contributed by atoms with Crippen LogP contribution in [0.2, 0.25) is 0 Å². The highest BCUT2D eigenvalue weighted by Gasteiger charge is 2.45. The molecule has 5 amide bonds. The van der Waals surface area contributed by atoms with Crippen LogP contribution in [0.15, 0.2) is 97.1 Å². The minimum atomic E-state index is -2.96. The van der Waals surface area contributed by atoms with E-state index in [1.54, 1.807) is 32.6 Å². The van der Waals surface area contributed by atoms with Gasteiger partial charge in [0, 0.05) is 66.9 Å². The van der Waals surface area contributed by atoms with Gasteiger partial charge in [-0.1, -0.05) is 79.9 Å². The van der Waals surface area contributed by atoms with Gasteiger partial charge in [-0.3, -0.25) is 19.2 Å². The van der Waals surface area contributed by atoms with E-state index in [-0.39, 0.29) is 109 Å². The zero-order valence-electron chi connectivity index (χ0n) is 53.8. The number of alkyl halides is 6. The maximum Gasteiger partial charge on any atom is 0.407 e. The number of carbonyl (C=O) groups excluding carboxylic acids is 8. The molecule has 1 aliphatic carbocycles. The Morgan fingerprint density at radius 1 is 0.553 bits per heavy atom. The first-order valence-electron chi connectivity index (χ1n) is 30.4.